The molecule has 17 heavy (non-hydrogen) atoms. The second-order valence-corrected chi connectivity index (χ2v) is 5.80. The Morgan fingerprint density at radius 3 is 2.65 bits per heavy atom. The van der Waals surface area contributed by atoms with Gasteiger partial charge in [-0.3, -0.25) is 5.32 Å². The van der Waals surface area contributed by atoms with Gasteiger partial charge in [0.05, 0.1) is 5.69 Å². The highest BCUT2D eigenvalue weighted by molar-refractivity contribution is 9.10. The molecule has 0 fully saturated rings. The van der Waals surface area contributed by atoms with E-state index in [4.69, 9.17) is 4.74 Å². The molecule has 0 spiro atoms. The first-order chi connectivity index (χ1) is 7.81. The summed E-state index contributed by atoms with van der Waals surface area (Å²) in [5.41, 5.74) is 0.302. The number of hydrogen-bond acceptors (Lipinski definition) is 3. The van der Waals surface area contributed by atoms with E-state index in [0.717, 1.165) is 10.2 Å². The van der Waals surface area contributed by atoms with Crippen LogP contribution in [0.5, 0.6) is 0 Å². The fraction of sp³-hybridized carbons (Fsp3) is 0.455. The third-order valence-corrected chi connectivity index (χ3v) is 2.93. The van der Waals surface area contributed by atoms with Crippen LogP contribution in [-0.2, 0) is 10.1 Å². The molecule has 1 aromatic rings. The zero-order chi connectivity index (χ0) is 13.1. The van der Waals surface area contributed by atoms with Crippen LogP contribution in [0.3, 0.4) is 0 Å². The van der Waals surface area contributed by atoms with Crippen LogP contribution in [0.4, 0.5) is 10.6 Å². The summed E-state index contributed by atoms with van der Waals surface area (Å²) in [4.78, 5) is 15.8. The molecule has 4 nitrogen and oxygen atoms in total. The van der Waals surface area contributed by atoms with E-state index in [1.165, 1.54) is 0 Å². The SMILES string of the molecule is CC(C)(C)OC(=O)Nc1ccc(Br)c(CBr)n1. The lowest BCUT2D eigenvalue weighted by atomic mass is 10.2. The van der Waals surface area contributed by atoms with Gasteiger partial charge in [-0.2, -0.15) is 0 Å². The van der Waals surface area contributed by atoms with E-state index in [1.54, 1.807) is 6.07 Å². The zero-order valence-corrected chi connectivity index (χ0v) is 13.1. The maximum absolute atomic E-state index is 11.5. The highest BCUT2D eigenvalue weighted by Crippen LogP contribution is 2.20. The summed E-state index contributed by atoms with van der Waals surface area (Å²) in [6.45, 7) is 5.43. The third-order valence-electron chi connectivity index (χ3n) is 1.67. The van der Waals surface area contributed by atoms with E-state index < -0.39 is 11.7 Å². The number of carbonyl (C=O) groups excluding carboxylic acids is 1. The van der Waals surface area contributed by atoms with Crippen LogP contribution in [0.1, 0.15) is 26.5 Å². The fourth-order valence-corrected chi connectivity index (χ4v) is 2.22. The van der Waals surface area contributed by atoms with Gasteiger partial charge in [-0.1, -0.05) is 15.9 Å². The van der Waals surface area contributed by atoms with Crippen molar-refractivity contribution in [3.05, 3.63) is 22.3 Å². The van der Waals surface area contributed by atoms with Crippen molar-refractivity contribution in [3.63, 3.8) is 0 Å². The highest BCUT2D eigenvalue weighted by atomic mass is 79.9. The highest BCUT2D eigenvalue weighted by Gasteiger charge is 2.16. The summed E-state index contributed by atoms with van der Waals surface area (Å²) in [5.74, 6) is 0.469. The van der Waals surface area contributed by atoms with Gasteiger partial charge in [0.25, 0.3) is 0 Å². The molecule has 1 amide bonds. The molecule has 1 heterocycles. The Kier molecular flexibility index (Phi) is 4.94. The molecule has 1 N–H and O–H groups in total. The summed E-state index contributed by atoms with van der Waals surface area (Å²) in [7, 11) is 0. The van der Waals surface area contributed by atoms with Crippen LogP contribution in [0.2, 0.25) is 0 Å². The quantitative estimate of drug-likeness (QED) is 0.803. The molecule has 6 heteroatoms. The molecule has 1 aromatic heterocycles. The average molecular weight is 366 g/mol. The van der Waals surface area contributed by atoms with Crippen molar-refractivity contribution >= 4 is 43.8 Å². The minimum atomic E-state index is -0.516. The monoisotopic (exact) mass is 364 g/mol. The first kappa shape index (κ1) is 14.4. The second-order valence-electron chi connectivity index (χ2n) is 4.39. The Balaban J connectivity index is 2.72. The molecular weight excluding hydrogens is 352 g/mol. The molecule has 0 aliphatic rings. The topological polar surface area (TPSA) is 51.2 Å². The predicted octanol–water partition coefficient (Wildman–Crippen LogP) is 4.09. The summed E-state index contributed by atoms with van der Waals surface area (Å²) in [6, 6.07) is 3.54. The van der Waals surface area contributed by atoms with Crippen molar-refractivity contribution < 1.29 is 9.53 Å². The summed E-state index contributed by atoms with van der Waals surface area (Å²) in [5, 5.41) is 3.20. The fourth-order valence-electron chi connectivity index (χ4n) is 1.06. The Labute approximate surface area is 117 Å². The Hall–Kier alpha value is -0.620. The summed E-state index contributed by atoms with van der Waals surface area (Å²) < 4.78 is 6.02. The van der Waals surface area contributed by atoms with Crippen molar-refractivity contribution in [1.29, 1.82) is 0 Å². The van der Waals surface area contributed by atoms with Crippen molar-refractivity contribution in [2.45, 2.75) is 31.7 Å². The largest absolute Gasteiger partial charge is 0.444 e. The maximum Gasteiger partial charge on any atom is 0.413 e. The van der Waals surface area contributed by atoms with Crippen LogP contribution in [-0.4, -0.2) is 16.7 Å². The minimum absolute atomic E-state index is 0.469. The molecule has 0 radical (unpaired) electrons. The van der Waals surface area contributed by atoms with Gasteiger partial charge in [-0.05, 0) is 48.8 Å². The van der Waals surface area contributed by atoms with Crippen LogP contribution in [0, 0.1) is 0 Å². The molecule has 1 rings (SSSR count). The van der Waals surface area contributed by atoms with Crippen molar-refractivity contribution in [1.82, 2.24) is 4.98 Å². The van der Waals surface area contributed by atoms with Gasteiger partial charge in [0, 0.05) is 9.80 Å². The third kappa shape index (κ3) is 5.04. The molecular formula is C11H14Br2N2O2. The van der Waals surface area contributed by atoms with E-state index in [1.807, 2.05) is 26.8 Å². The van der Waals surface area contributed by atoms with Crippen LogP contribution in [0.15, 0.2) is 16.6 Å². The molecule has 0 saturated carbocycles. The number of aromatic nitrogens is 1. The number of pyridine rings is 1. The van der Waals surface area contributed by atoms with Crippen molar-refractivity contribution in [2.75, 3.05) is 5.32 Å². The Morgan fingerprint density at radius 1 is 1.47 bits per heavy atom. The number of hydrogen-bond donors (Lipinski definition) is 1. The summed E-state index contributed by atoms with van der Waals surface area (Å²) >= 11 is 6.69. The lowest BCUT2D eigenvalue weighted by Crippen LogP contribution is -2.27. The molecule has 0 bridgehead atoms. The van der Waals surface area contributed by atoms with Gasteiger partial charge >= 0.3 is 6.09 Å². The van der Waals surface area contributed by atoms with E-state index in [9.17, 15) is 4.79 Å². The number of carbonyl (C=O) groups is 1. The molecule has 0 aliphatic carbocycles. The maximum atomic E-state index is 11.5. The first-order valence-corrected chi connectivity index (χ1v) is 6.94. The van der Waals surface area contributed by atoms with E-state index in [0.29, 0.717) is 11.1 Å². The number of alkyl halides is 1. The molecule has 0 unspecified atom stereocenters. The number of nitrogens with zero attached hydrogens (tertiary/aromatic N) is 1. The predicted molar refractivity (Wildman–Crippen MR) is 74.4 cm³/mol. The van der Waals surface area contributed by atoms with Gasteiger partial charge in [0.2, 0.25) is 0 Å². The molecule has 0 saturated heterocycles. The normalized spacial score (nSPS) is 11.1. The van der Waals surface area contributed by atoms with Gasteiger partial charge in [-0.15, -0.1) is 0 Å². The molecule has 94 valence electrons. The van der Waals surface area contributed by atoms with Gasteiger partial charge in [0.1, 0.15) is 11.4 Å². The minimum Gasteiger partial charge on any atom is -0.444 e. The Bertz CT molecular complexity index is 416. The van der Waals surface area contributed by atoms with Crippen LogP contribution < -0.4 is 5.32 Å². The number of nitrogens with one attached hydrogen (secondary N) is 1. The Morgan fingerprint density at radius 2 is 2.12 bits per heavy atom. The van der Waals surface area contributed by atoms with Gasteiger partial charge < -0.3 is 4.74 Å². The smallest absolute Gasteiger partial charge is 0.413 e. The van der Waals surface area contributed by atoms with E-state index in [-0.39, 0.29) is 0 Å². The molecule has 0 atom stereocenters. The zero-order valence-electron chi connectivity index (χ0n) is 9.88. The van der Waals surface area contributed by atoms with E-state index >= 15 is 0 Å². The lowest BCUT2D eigenvalue weighted by molar-refractivity contribution is 0.0635. The lowest BCUT2D eigenvalue weighted by Gasteiger charge is -2.19. The summed E-state index contributed by atoms with van der Waals surface area (Å²) in [6.07, 6.45) is -0.507. The molecule has 0 aliphatic heterocycles. The number of ether oxygens (including phenoxy) is 1. The van der Waals surface area contributed by atoms with Crippen LogP contribution in [0.25, 0.3) is 0 Å². The van der Waals surface area contributed by atoms with Crippen LogP contribution >= 0.6 is 31.9 Å². The average Bonchev–Trinajstić information content (AvgIpc) is 2.18. The number of halogens is 2. The second kappa shape index (κ2) is 5.82. The van der Waals surface area contributed by atoms with Gasteiger partial charge in [-0.25, -0.2) is 9.78 Å². The van der Waals surface area contributed by atoms with Gasteiger partial charge in [0.15, 0.2) is 0 Å². The number of anilines is 1. The number of amides is 1. The first-order valence-electron chi connectivity index (χ1n) is 5.03. The number of rotatable bonds is 2. The molecule has 0 aromatic carbocycles. The van der Waals surface area contributed by atoms with E-state index in [2.05, 4.69) is 42.2 Å². The van der Waals surface area contributed by atoms with Crippen molar-refractivity contribution in [3.8, 4) is 0 Å². The van der Waals surface area contributed by atoms with Crippen molar-refractivity contribution in [2.24, 2.45) is 0 Å². The standard InChI is InChI=1S/C11H14Br2N2O2/c1-11(2,3)17-10(16)15-9-5-4-7(13)8(6-12)14-9/h4-5H,6H2,1-3H3,(H,14,15,16).